The Bertz CT molecular complexity index is 4020. The fraction of sp³-hybridized carbons (Fsp3) is 0. The van der Waals surface area contributed by atoms with Crippen molar-refractivity contribution in [2.45, 2.75) is 0 Å². The number of benzene rings is 12. The average Bonchev–Trinajstić information content (AvgIpc) is 3.81. The molecular formula is C68H46N2O. The minimum Gasteiger partial charge on any atom is -0.456 e. The number of hydrogen-bond donors (Lipinski definition) is 0. The number of furan rings is 1. The third-order valence-corrected chi connectivity index (χ3v) is 13.8. The monoisotopic (exact) mass is 906 g/mol. The summed E-state index contributed by atoms with van der Waals surface area (Å²) in [5, 5.41) is 6.83. The lowest BCUT2D eigenvalue weighted by Crippen LogP contribution is -2.14. The van der Waals surface area contributed by atoms with Crippen LogP contribution in [0.25, 0.3) is 88.0 Å². The number of fused-ring (bicyclic) bond motifs is 5. The Morgan fingerprint density at radius 1 is 0.239 bits per heavy atom. The summed E-state index contributed by atoms with van der Waals surface area (Å²) in [6, 6.07) is 100. The van der Waals surface area contributed by atoms with Gasteiger partial charge in [-0.15, -0.1) is 0 Å². The highest BCUT2D eigenvalue weighted by atomic mass is 16.3. The second-order valence-corrected chi connectivity index (χ2v) is 18.1. The van der Waals surface area contributed by atoms with Gasteiger partial charge in [0.05, 0.1) is 22.4 Å². The summed E-state index contributed by atoms with van der Waals surface area (Å²) < 4.78 is 7.09. The molecule has 0 saturated heterocycles. The maximum absolute atomic E-state index is 7.09. The Labute approximate surface area is 413 Å². The molecule has 0 spiro atoms. The summed E-state index contributed by atoms with van der Waals surface area (Å²) >= 11 is 0. The third kappa shape index (κ3) is 7.76. The molecule has 0 radical (unpaired) electrons. The van der Waals surface area contributed by atoms with Crippen LogP contribution in [0.2, 0.25) is 0 Å². The van der Waals surface area contributed by atoms with Crippen molar-refractivity contribution < 1.29 is 4.42 Å². The molecule has 0 unspecified atom stereocenters. The molecule has 1 heterocycles. The van der Waals surface area contributed by atoms with Gasteiger partial charge in [0.1, 0.15) is 11.2 Å². The van der Waals surface area contributed by atoms with Crippen LogP contribution in [0.5, 0.6) is 0 Å². The summed E-state index contributed by atoms with van der Waals surface area (Å²) in [5.41, 5.74) is 17.1. The highest BCUT2D eigenvalue weighted by molar-refractivity contribution is 6.17. The molecule has 0 fully saturated rings. The van der Waals surface area contributed by atoms with E-state index >= 15 is 0 Å². The van der Waals surface area contributed by atoms with Crippen LogP contribution in [0.4, 0.5) is 34.1 Å². The number of rotatable bonds is 10. The van der Waals surface area contributed by atoms with Crippen LogP contribution in [0.3, 0.4) is 0 Å². The maximum Gasteiger partial charge on any atom is 0.139 e. The fourth-order valence-electron chi connectivity index (χ4n) is 10.4. The van der Waals surface area contributed by atoms with E-state index in [2.05, 4.69) is 289 Å². The van der Waals surface area contributed by atoms with Gasteiger partial charge in [-0.1, -0.05) is 200 Å². The standard InChI is InChI=1S/C68H46N2O/c1-5-19-47(20-6-1)48-33-37-58(38-34-48)70(64-32-18-17-31-60(64)49-21-7-2-8-22-49)59-45-65(68-63-43-54-27-15-16-28-55(54)44-66(63)71-67(68)46-59)69(56-29-11-4-12-30-56)57-39-35-51(36-40-57)62-42-53-26-14-13-25-52(53)41-61(62)50-23-9-3-10-24-50/h1-46H. The van der Waals surface area contributed by atoms with Crippen LogP contribution in [0, 0.1) is 0 Å². The molecule has 0 aliphatic rings. The number of para-hydroxylation sites is 2. The number of anilines is 6. The first kappa shape index (κ1) is 41.7. The predicted octanol–water partition coefficient (Wildman–Crippen LogP) is 19.5. The van der Waals surface area contributed by atoms with Crippen molar-refractivity contribution in [3.63, 3.8) is 0 Å². The second kappa shape index (κ2) is 17.9. The fourth-order valence-corrected chi connectivity index (χ4v) is 10.4. The van der Waals surface area contributed by atoms with E-state index in [9.17, 15) is 0 Å². The van der Waals surface area contributed by atoms with Gasteiger partial charge in [0, 0.05) is 34.1 Å². The molecule has 13 rings (SSSR count). The molecule has 71 heavy (non-hydrogen) atoms. The van der Waals surface area contributed by atoms with Gasteiger partial charge < -0.3 is 14.2 Å². The molecule has 3 heteroatoms. The maximum atomic E-state index is 7.09. The number of nitrogens with zero attached hydrogens (tertiary/aromatic N) is 2. The van der Waals surface area contributed by atoms with E-state index in [0.717, 1.165) is 89.1 Å². The van der Waals surface area contributed by atoms with Crippen molar-refractivity contribution in [3.05, 3.63) is 279 Å². The largest absolute Gasteiger partial charge is 0.456 e. The molecule has 0 bridgehead atoms. The molecule has 13 aromatic rings. The lowest BCUT2D eigenvalue weighted by molar-refractivity contribution is 0.669. The van der Waals surface area contributed by atoms with E-state index in [1.54, 1.807) is 0 Å². The van der Waals surface area contributed by atoms with Crippen molar-refractivity contribution in [1.82, 2.24) is 0 Å². The van der Waals surface area contributed by atoms with Crippen molar-refractivity contribution >= 4 is 77.6 Å². The van der Waals surface area contributed by atoms with Gasteiger partial charge in [-0.05, 0) is 133 Å². The van der Waals surface area contributed by atoms with Crippen LogP contribution in [-0.4, -0.2) is 0 Å². The van der Waals surface area contributed by atoms with Crippen molar-refractivity contribution in [1.29, 1.82) is 0 Å². The van der Waals surface area contributed by atoms with Gasteiger partial charge >= 0.3 is 0 Å². The zero-order valence-electron chi connectivity index (χ0n) is 38.9. The Kier molecular flexibility index (Phi) is 10.5. The minimum atomic E-state index is 0.798. The zero-order chi connectivity index (χ0) is 47.1. The molecule has 0 amide bonds. The Morgan fingerprint density at radius 3 is 1.24 bits per heavy atom. The lowest BCUT2D eigenvalue weighted by atomic mass is 9.91. The summed E-state index contributed by atoms with van der Waals surface area (Å²) in [6.07, 6.45) is 0. The first-order chi connectivity index (χ1) is 35.2. The van der Waals surface area contributed by atoms with Gasteiger partial charge in [-0.2, -0.15) is 0 Å². The average molecular weight is 907 g/mol. The van der Waals surface area contributed by atoms with E-state index in [-0.39, 0.29) is 0 Å². The Morgan fingerprint density at radius 2 is 0.648 bits per heavy atom. The van der Waals surface area contributed by atoms with Crippen LogP contribution in [0.15, 0.2) is 283 Å². The van der Waals surface area contributed by atoms with Crippen molar-refractivity contribution in [3.8, 4) is 44.5 Å². The molecular weight excluding hydrogens is 861 g/mol. The van der Waals surface area contributed by atoms with Gasteiger partial charge in [0.25, 0.3) is 0 Å². The highest BCUT2D eigenvalue weighted by Crippen LogP contribution is 2.50. The van der Waals surface area contributed by atoms with E-state index in [4.69, 9.17) is 4.42 Å². The minimum absolute atomic E-state index is 0.798. The smallest absolute Gasteiger partial charge is 0.139 e. The molecule has 1 aromatic heterocycles. The molecule has 0 atom stereocenters. The quantitative estimate of drug-likeness (QED) is 0.136. The second-order valence-electron chi connectivity index (χ2n) is 18.1. The van der Waals surface area contributed by atoms with E-state index < -0.39 is 0 Å². The van der Waals surface area contributed by atoms with Crippen LogP contribution < -0.4 is 9.80 Å². The first-order valence-corrected chi connectivity index (χ1v) is 24.2. The van der Waals surface area contributed by atoms with Gasteiger partial charge in [0.2, 0.25) is 0 Å². The Balaban J connectivity index is 1.05. The molecule has 0 aliphatic heterocycles. The molecule has 12 aromatic carbocycles. The van der Waals surface area contributed by atoms with Crippen molar-refractivity contribution in [2.75, 3.05) is 9.80 Å². The molecule has 334 valence electrons. The van der Waals surface area contributed by atoms with E-state index in [0.29, 0.717) is 0 Å². The third-order valence-electron chi connectivity index (χ3n) is 13.8. The van der Waals surface area contributed by atoms with Crippen LogP contribution >= 0.6 is 0 Å². The topological polar surface area (TPSA) is 19.6 Å². The van der Waals surface area contributed by atoms with Crippen LogP contribution in [-0.2, 0) is 0 Å². The van der Waals surface area contributed by atoms with Gasteiger partial charge in [0.15, 0.2) is 0 Å². The van der Waals surface area contributed by atoms with Crippen molar-refractivity contribution in [2.24, 2.45) is 0 Å². The normalized spacial score (nSPS) is 11.4. The lowest BCUT2D eigenvalue weighted by Gasteiger charge is -2.31. The summed E-state index contributed by atoms with van der Waals surface area (Å²) in [5.74, 6) is 0. The van der Waals surface area contributed by atoms with Crippen LogP contribution in [0.1, 0.15) is 0 Å². The van der Waals surface area contributed by atoms with Gasteiger partial charge in [-0.25, -0.2) is 0 Å². The summed E-state index contributed by atoms with van der Waals surface area (Å²) in [6.45, 7) is 0. The summed E-state index contributed by atoms with van der Waals surface area (Å²) in [4.78, 5) is 4.79. The van der Waals surface area contributed by atoms with E-state index in [1.165, 1.54) is 33.0 Å². The SMILES string of the molecule is c1ccc(-c2ccc(N(c3cc(N(c4ccccc4)c4ccc(-c5cc6ccccc6cc5-c5ccccc5)cc4)c4c(c3)oc3cc5ccccc5cc34)c3ccccc3-c3ccccc3)cc2)cc1. The highest BCUT2D eigenvalue weighted by Gasteiger charge is 2.25. The summed E-state index contributed by atoms with van der Waals surface area (Å²) in [7, 11) is 0. The molecule has 3 nitrogen and oxygen atoms in total. The Hall–Kier alpha value is -9.44. The zero-order valence-corrected chi connectivity index (χ0v) is 38.9. The van der Waals surface area contributed by atoms with Gasteiger partial charge in [-0.3, -0.25) is 0 Å². The molecule has 0 N–H and O–H groups in total. The number of hydrogen-bond acceptors (Lipinski definition) is 3. The molecule has 0 aliphatic carbocycles. The molecule has 0 saturated carbocycles. The van der Waals surface area contributed by atoms with E-state index in [1.807, 2.05) is 0 Å². The predicted molar refractivity (Wildman–Crippen MR) is 300 cm³/mol. The first-order valence-electron chi connectivity index (χ1n) is 24.2.